The number of amides is 1. The Labute approximate surface area is 119 Å². The molecule has 2 N–H and O–H groups in total. The Hall–Kier alpha value is -1.000. The minimum absolute atomic E-state index is 0.114. The molecule has 0 spiro atoms. The number of hydrogen-bond acceptors (Lipinski definition) is 3. The number of hydrogen-bond donors (Lipinski definition) is 2. The van der Waals surface area contributed by atoms with Crippen molar-refractivity contribution in [3.63, 3.8) is 0 Å². The molecule has 1 saturated heterocycles. The predicted octanol–water partition coefficient (Wildman–Crippen LogP) is 2.67. The molecule has 0 aromatic heterocycles. The molecule has 0 saturated carbocycles. The van der Waals surface area contributed by atoms with E-state index in [1.807, 2.05) is 30.0 Å². The average molecular weight is 278 g/mol. The summed E-state index contributed by atoms with van der Waals surface area (Å²) in [6, 6.07) is 8.40. The maximum absolute atomic E-state index is 12.1. The highest BCUT2D eigenvalue weighted by Crippen LogP contribution is 2.18. The van der Waals surface area contributed by atoms with Gasteiger partial charge in [-0.25, -0.2) is 0 Å². The largest absolute Gasteiger partial charge is 0.326 e. The van der Waals surface area contributed by atoms with E-state index in [1.54, 1.807) is 0 Å². The van der Waals surface area contributed by atoms with Crippen molar-refractivity contribution in [2.75, 3.05) is 23.4 Å². The summed E-state index contributed by atoms with van der Waals surface area (Å²) in [5.41, 5.74) is 2.20. The van der Waals surface area contributed by atoms with Crippen LogP contribution in [0.3, 0.4) is 0 Å². The van der Waals surface area contributed by atoms with Crippen LogP contribution in [0.25, 0.3) is 0 Å². The van der Waals surface area contributed by atoms with Crippen molar-refractivity contribution < 1.29 is 4.79 Å². The van der Waals surface area contributed by atoms with Gasteiger partial charge in [0.2, 0.25) is 5.91 Å². The van der Waals surface area contributed by atoms with Crippen molar-refractivity contribution in [2.24, 2.45) is 0 Å². The zero-order valence-electron chi connectivity index (χ0n) is 11.4. The van der Waals surface area contributed by atoms with Gasteiger partial charge >= 0.3 is 0 Å². The van der Waals surface area contributed by atoms with E-state index in [-0.39, 0.29) is 5.91 Å². The second-order valence-electron chi connectivity index (χ2n) is 4.89. The van der Waals surface area contributed by atoms with Gasteiger partial charge in [-0.3, -0.25) is 4.79 Å². The number of para-hydroxylation sites is 1. The van der Waals surface area contributed by atoms with Gasteiger partial charge in [0.1, 0.15) is 0 Å². The third-order valence-corrected chi connectivity index (χ3v) is 4.37. The van der Waals surface area contributed by atoms with Crippen LogP contribution in [-0.4, -0.2) is 30.0 Å². The molecular weight excluding hydrogens is 256 g/mol. The molecule has 3 nitrogen and oxygen atoms in total. The van der Waals surface area contributed by atoms with Gasteiger partial charge < -0.3 is 10.6 Å². The maximum Gasteiger partial charge on any atom is 0.225 e. The molecule has 1 aromatic carbocycles. The lowest BCUT2D eigenvalue weighted by molar-refractivity contribution is -0.116. The highest BCUT2D eigenvalue weighted by molar-refractivity contribution is 7.99. The number of carbonyl (C=O) groups excluding carboxylic acids is 1. The summed E-state index contributed by atoms with van der Waals surface area (Å²) >= 11 is 1.92. The van der Waals surface area contributed by atoms with E-state index in [1.165, 1.54) is 5.56 Å². The van der Waals surface area contributed by atoms with E-state index in [2.05, 4.69) is 23.6 Å². The van der Waals surface area contributed by atoms with Crippen LogP contribution in [-0.2, 0) is 11.2 Å². The molecule has 104 valence electrons. The zero-order chi connectivity index (χ0) is 13.5. The fourth-order valence-electron chi connectivity index (χ4n) is 2.31. The Morgan fingerprint density at radius 3 is 3.05 bits per heavy atom. The number of rotatable bonds is 5. The SMILES string of the molecule is CCCc1ccccc1NC(=O)CC1CSCCN1. The monoisotopic (exact) mass is 278 g/mol. The summed E-state index contributed by atoms with van der Waals surface area (Å²) in [7, 11) is 0. The first-order valence-electron chi connectivity index (χ1n) is 6.98. The first kappa shape index (κ1) is 14.4. The lowest BCUT2D eigenvalue weighted by atomic mass is 10.1. The molecule has 1 aromatic rings. The van der Waals surface area contributed by atoms with E-state index < -0.39 is 0 Å². The number of benzene rings is 1. The summed E-state index contributed by atoms with van der Waals surface area (Å²) in [6.07, 6.45) is 2.66. The Morgan fingerprint density at radius 1 is 1.47 bits per heavy atom. The van der Waals surface area contributed by atoms with Crippen LogP contribution in [0.2, 0.25) is 0 Å². The highest BCUT2D eigenvalue weighted by Gasteiger charge is 2.17. The molecular formula is C15H22N2OS. The first-order valence-corrected chi connectivity index (χ1v) is 8.14. The van der Waals surface area contributed by atoms with E-state index in [9.17, 15) is 4.79 Å². The molecule has 1 fully saturated rings. The molecule has 1 heterocycles. The van der Waals surface area contributed by atoms with Gasteiger partial charge in [0.05, 0.1) is 0 Å². The molecule has 0 bridgehead atoms. The van der Waals surface area contributed by atoms with Crippen LogP contribution in [0, 0.1) is 0 Å². The molecule has 2 rings (SSSR count). The molecule has 19 heavy (non-hydrogen) atoms. The van der Waals surface area contributed by atoms with Gasteiger partial charge in [0, 0.05) is 36.2 Å². The maximum atomic E-state index is 12.1. The van der Waals surface area contributed by atoms with Gasteiger partial charge in [-0.2, -0.15) is 11.8 Å². The summed E-state index contributed by atoms with van der Waals surface area (Å²) in [6.45, 7) is 3.16. The summed E-state index contributed by atoms with van der Waals surface area (Å²) in [5.74, 6) is 2.30. The fraction of sp³-hybridized carbons (Fsp3) is 0.533. The molecule has 0 radical (unpaired) electrons. The summed E-state index contributed by atoms with van der Waals surface area (Å²) in [4.78, 5) is 12.1. The number of nitrogens with one attached hydrogen (secondary N) is 2. The standard InChI is InChI=1S/C15H22N2OS/c1-2-5-12-6-3-4-7-14(12)17-15(18)10-13-11-19-9-8-16-13/h3-4,6-7,13,16H,2,5,8-11H2,1H3,(H,17,18). The van der Waals surface area contributed by atoms with Crippen molar-refractivity contribution >= 4 is 23.4 Å². The van der Waals surface area contributed by atoms with Crippen LogP contribution in [0.15, 0.2) is 24.3 Å². The van der Waals surface area contributed by atoms with Crippen LogP contribution in [0.5, 0.6) is 0 Å². The minimum atomic E-state index is 0.114. The Balaban J connectivity index is 1.90. The topological polar surface area (TPSA) is 41.1 Å². The van der Waals surface area contributed by atoms with E-state index in [0.717, 1.165) is 36.6 Å². The smallest absolute Gasteiger partial charge is 0.225 e. The number of carbonyl (C=O) groups is 1. The lowest BCUT2D eigenvalue weighted by Crippen LogP contribution is -2.39. The van der Waals surface area contributed by atoms with Crippen LogP contribution in [0.1, 0.15) is 25.3 Å². The number of anilines is 1. The number of thioether (sulfide) groups is 1. The fourth-order valence-corrected chi connectivity index (χ4v) is 3.25. The minimum Gasteiger partial charge on any atom is -0.326 e. The van der Waals surface area contributed by atoms with Gasteiger partial charge in [0.25, 0.3) is 0 Å². The third kappa shape index (κ3) is 4.55. The normalized spacial score (nSPS) is 19.1. The second-order valence-corrected chi connectivity index (χ2v) is 6.04. The molecule has 0 aliphatic carbocycles. The average Bonchev–Trinajstić information content (AvgIpc) is 2.42. The van der Waals surface area contributed by atoms with Crippen LogP contribution < -0.4 is 10.6 Å². The molecule has 1 amide bonds. The first-order chi connectivity index (χ1) is 9.29. The summed E-state index contributed by atoms with van der Waals surface area (Å²) < 4.78 is 0. The quantitative estimate of drug-likeness (QED) is 0.870. The second kappa shape index (κ2) is 7.56. The van der Waals surface area contributed by atoms with E-state index >= 15 is 0 Å². The van der Waals surface area contributed by atoms with Crippen LogP contribution in [0.4, 0.5) is 5.69 Å². The van der Waals surface area contributed by atoms with Crippen molar-refractivity contribution in [3.05, 3.63) is 29.8 Å². The van der Waals surface area contributed by atoms with E-state index in [4.69, 9.17) is 0 Å². The molecule has 1 unspecified atom stereocenters. The van der Waals surface area contributed by atoms with Crippen molar-refractivity contribution in [3.8, 4) is 0 Å². The van der Waals surface area contributed by atoms with Gasteiger partial charge in [-0.1, -0.05) is 31.5 Å². The van der Waals surface area contributed by atoms with Crippen molar-refractivity contribution in [1.82, 2.24) is 5.32 Å². The van der Waals surface area contributed by atoms with E-state index in [0.29, 0.717) is 12.5 Å². The highest BCUT2D eigenvalue weighted by atomic mass is 32.2. The Morgan fingerprint density at radius 2 is 2.32 bits per heavy atom. The zero-order valence-corrected chi connectivity index (χ0v) is 12.3. The third-order valence-electron chi connectivity index (χ3n) is 3.24. The number of aryl methyl sites for hydroxylation is 1. The summed E-state index contributed by atoms with van der Waals surface area (Å²) in [5, 5.41) is 6.45. The van der Waals surface area contributed by atoms with Crippen LogP contribution >= 0.6 is 11.8 Å². The molecule has 1 aliphatic rings. The van der Waals surface area contributed by atoms with Gasteiger partial charge in [-0.05, 0) is 18.1 Å². The Kier molecular flexibility index (Phi) is 5.73. The predicted molar refractivity (Wildman–Crippen MR) is 82.8 cm³/mol. The van der Waals surface area contributed by atoms with Crippen molar-refractivity contribution in [2.45, 2.75) is 32.2 Å². The lowest BCUT2D eigenvalue weighted by Gasteiger charge is -2.22. The van der Waals surface area contributed by atoms with Crippen molar-refractivity contribution in [1.29, 1.82) is 0 Å². The molecule has 1 atom stereocenters. The molecule has 1 aliphatic heterocycles. The van der Waals surface area contributed by atoms with Gasteiger partial charge in [-0.15, -0.1) is 0 Å². The molecule has 4 heteroatoms. The Bertz CT molecular complexity index is 416. The van der Waals surface area contributed by atoms with Gasteiger partial charge in [0.15, 0.2) is 0 Å².